The van der Waals surface area contributed by atoms with Gasteiger partial charge in [-0.3, -0.25) is 4.90 Å². The van der Waals surface area contributed by atoms with E-state index in [0.717, 1.165) is 25.8 Å². The van der Waals surface area contributed by atoms with Crippen molar-refractivity contribution in [3.8, 4) is 6.07 Å². The topological polar surface area (TPSA) is 27.0 Å². The molecule has 1 atom stereocenters. The van der Waals surface area contributed by atoms with Crippen molar-refractivity contribution in [3.05, 3.63) is 71.0 Å². The van der Waals surface area contributed by atoms with E-state index in [4.69, 9.17) is 5.26 Å². The van der Waals surface area contributed by atoms with Crippen molar-refractivity contribution in [1.29, 1.82) is 5.26 Å². The monoisotopic (exact) mass is 294 g/mol. The standard InChI is InChI=1S/C19H19FN2/c20-19-16(13-21)8-4-9-17(19)14-22-11-5-10-18(22)12-15-6-2-1-3-7-15/h1-4,6-9,18H,5,10-12,14H2/t18-/m0/s1. The minimum absolute atomic E-state index is 0.135. The summed E-state index contributed by atoms with van der Waals surface area (Å²) in [5, 5.41) is 8.95. The second-order valence-electron chi connectivity index (χ2n) is 5.85. The molecular formula is C19H19FN2. The van der Waals surface area contributed by atoms with E-state index >= 15 is 0 Å². The summed E-state index contributed by atoms with van der Waals surface area (Å²) in [6.07, 6.45) is 3.30. The first-order chi connectivity index (χ1) is 10.8. The highest BCUT2D eigenvalue weighted by atomic mass is 19.1. The molecular weight excluding hydrogens is 275 g/mol. The molecule has 2 aromatic carbocycles. The maximum absolute atomic E-state index is 14.2. The predicted molar refractivity (Wildman–Crippen MR) is 84.7 cm³/mol. The van der Waals surface area contributed by atoms with Crippen molar-refractivity contribution >= 4 is 0 Å². The van der Waals surface area contributed by atoms with Crippen LogP contribution in [0.2, 0.25) is 0 Å². The van der Waals surface area contributed by atoms with Gasteiger partial charge in [-0.15, -0.1) is 0 Å². The zero-order valence-corrected chi connectivity index (χ0v) is 12.5. The molecule has 3 heteroatoms. The second kappa shape index (κ2) is 6.72. The lowest BCUT2D eigenvalue weighted by molar-refractivity contribution is 0.240. The first-order valence-corrected chi connectivity index (χ1v) is 7.73. The van der Waals surface area contributed by atoms with E-state index in [1.54, 1.807) is 12.1 Å². The average molecular weight is 294 g/mol. The van der Waals surface area contributed by atoms with Gasteiger partial charge in [-0.2, -0.15) is 5.26 Å². The Balaban J connectivity index is 1.73. The number of rotatable bonds is 4. The normalized spacial score (nSPS) is 18.3. The Labute approximate surface area is 130 Å². The molecule has 2 aromatic rings. The largest absolute Gasteiger partial charge is 0.296 e. The number of halogens is 1. The van der Waals surface area contributed by atoms with Gasteiger partial charge in [-0.05, 0) is 37.4 Å². The van der Waals surface area contributed by atoms with Gasteiger partial charge in [0.1, 0.15) is 11.9 Å². The Morgan fingerprint density at radius 1 is 1.14 bits per heavy atom. The van der Waals surface area contributed by atoms with Crippen molar-refractivity contribution < 1.29 is 4.39 Å². The van der Waals surface area contributed by atoms with Crippen molar-refractivity contribution in [1.82, 2.24) is 4.90 Å². The smallest absolute Gasteiger partial charge is 0.145 e. The fraction of sp³-hybridized carbons (Fsp3) is 0.316. The van der Waals surface area contributed by atoms with Crippen LogP contribution in [0.25, 0.3) is 0 Å². The van der Waals surface area contributed by atoms with Crippen LogP contribution in [0.15, 0.2) is 48.5 Å². The Bertz CT molecular complexity index is 676. The molecule has 0 spiro atoms. The molecule has 2 nitrogen and oxygen atoms in total. The van der Waals surface area contributed by atoms with Crippen LogP contribution in [0.3, 0.4) is 0 Å². The molecule has 1 aliphatic heterocycles. The minimum atomic E-state index is -0.365. The summed E-state index contributed by atoms with van der Waals surface area (Å²) < 4.78 is 14.2. The molecule has 0 bridgehead atoms. The highest BCUT2D eigenvalue weighted by Crippen LogP contribution is 2.24. The lowest BCUT2D eigenvalue weighted by atomic mass is 10.0. The van der Waals surface area contributed by atoms with Crippen molar-refractivity contribution in [2.75, 3.05) is 6.54 Å². The third-order valence-corrected chi connectivity index (χ3v) is 4.39. The summed E-state index contributed by atoms with van der Waals surface area (Å²) in [6, 6.07) is 17.9. The SMILES string of the molecule is N#Cc1cccc(CN2CCC[C@H]2Cc2ccccc2)c1F. The third kappa shape index (κ3) is 3.18. The molecule has 0 aromatic heterocycles. The van der Waals surface area contributed by atoms with E-state index < -0.39 is 0 Å². The number of nitrogens with zero attached hydrogens (tertiary/aromatic N) is 2. The van der Waals surface area contributed by atoms with Gasteiger partial charge in [-0.25, -0.2) is 4.39 Å². The first kappa shape index (κ1) is 14.7. The lowest BCUT2D eigenvalue weighted by Gasteiger charge is -2.25. The summed E-state index contributed by atoms with van der Waals surface area (Å²) in [5.41, 5.74) is 2.08. The van der Waals surface area contributed by atoms with Crippen LogP contribution < -0.4 is 0 Å². The van der Waals surface area contributed by atoms with Crippen LogP contribution in [-0.4, -0.2) is 17.5 Å². The summed E-state index contributed by atoms with van der Waals surface area (Å²) in [4.78, 5) is 2.34. The van der Waals surface area contributed by atoms with Crippen molar-refractivity contribution in [2.45, 2.75) is 31.8 Å². The van der Waals surface area contributed by atoms with Crippen LogP contribution in [0, 0.1) is 17.1 Å². The predicted octanol–water partition coefficient (Wildman–Crippen LogP) is 3.90. The average Bonchev–Trinajstić information content (AvgIpc) is 2.97. The second-order valence-corrected chi connectivity index (χ2v) is 5.85. The molecule has 112 valence electrons. The summed E-state index contributed by atoms with van der Waals surface area (Å²) in [5.74, 6) is -0.365. The molecule has 0 radical (unpaired) electrons. The Hall–Kier alpha value is -2.18. The molecule has 22 heavy (non-hydrogen) atoms. The Kier molecular flexibility index (Phi) is 4.50. The zero-order chi connectivity index (χ0) is 15.4. The quantitative estimate of drug-likeness (QED) is 0.855. The number of hydrogen-bond acceptors (Lipinski definition) is 2. The van der Waals surface area contributed by atoms with Crippen LogP contribution in [-0.2, 0) is 13.0 Å². The van der Waals surface area contributed by atoms with E-state index in [2.05, 4.69) is 29.2 Å². The fourth-order valence-corrected chi connectivity index (χ4v) is 3.23. The van der Waals surface area contributed by atoms with E-state index in [1.807, 2.05) is 12.1 Å². The van der Waals surface area contributed by atoms with E-state index in [9.17, 15) is 4.39 Å². The highest BCUT2D eigenvalue weighted by Gasteiger charge is 2.25. The third-order valence-electron chi connectivity index (χ3n) is 4.39. The summed E-state index contributed by atoms with van der Waals surface area (Å²) in [7, 11) is 0. The van der Waals surface area contributed by atoms with E-state index in [1.165, 1.54) is 11.6 Å². The van der Waals surface area contributed by atoms with Gasteiger partial charge in [0, 0.05) is 18.2 Å². The molecule has 0 N–H and O–H groups in total. The van der Waals surface area contributed by atoms with Crippen LogP contribution >= 0.6 is 0 Å². The van der Waals surface area contributed by atoms with Gasteiger partial charge in [-0.1, -0.05) is 42.5 Å². The van der Waals surface area contributed by atoms with Crippen molar-refractivity contribution in [2.24, 2.45) is 0 Å². The van der Waals surface area contributed by atoms with E-state index in [-0.39, 0.29) is 11.4 Å². The van der Waals surface area contributed by atoms with Gasteiger partial charge in [0.2, 0.25) is 0 Å². The zero-order valence-electron chi connectivity index (χ0n) is 12.5. The van der Waals surface area contributed by atoms with Crippen LogP contribution in [0.5, 0.6) is 0 Å². The fourth-order valence-electron chi connectivity index (χ4n) is 3.23. The maximum atomic E-state index is 14.2. The molecule has 3 rings (SSSR count). The minimum Gasteiger partial charge on any atom is -0.296 e. The highest BCUT2D eigenvalue weighted by molar-refractivity contribution is 5.35. The van der Waals surface area contributed by atoms with Gasteiger partial charge in [0.15, 0.2) is 0 Å². The molecule has 0 unspecified atom stereocenters. The Morgan fingerprint density at radius 3 is 2.73 bits per heavy atom. The first-order valence-electron chi connectivity index (χ1n) is 7.73. The molecule has 1 heterocycles. The number of hydrogen-bond donors (Lipinski definition) is 0. The molecule has 1 aliphatic rings. The summed E-state index contributed by atoms with van der Waals surface area (Å²) >= 11 is 0. The summed E-state index contributed by atoms with van der Waals surface area (Å²) in [6.45, 7) is 1.58. The lowest BCUT2D eigenvalue weighted by Crippen LogP contribution is -2.31. The van der Waals surface area contributed by atoms with Gasteiger partial charge in [0.25, 0.3) is 0 Å². The van der Waals surface area contributed by atoms with Gasteiger partial charge < -0.3 is 0 Å². The number of benzene rings is 2. The van der Waals surface area contributed by atoms with E-state index in [0.29, 0.717) is 18.2 Å². The molecule has 0 amide bonds. The molecule has 1 fully saturated rings. The molecule has 0 saturated carbocycles. The maximum Gasteiger partial charge on any atom is 0.145 e. The van der Waals surface area contributed by atoms with Crippen LogP contribution in [0.1, 0.15) is 29.5 Å². The Morgan fingerprint density at radius 2 is 1.95 bits per heavy atom. The van der Waals surface area contributed by atoms with Gasteiger partial charge in [0.05, 0.1) is 5.56 Å². The number of nitriles is 1. The van der Waals surface area contributed by atoms with Crippen LogP contribution in [0.4, 0.5) is 4.39 Å². The number of likely N-dealkylation sites (tertiary alicyclic amines) is 1. The molecule has 1 saturated heterocycles. The molecule has 0 aliphatic carbocycles. The van der Waals surface area contributed by atoms with Crippen molar-refractivity contribution in [3.63, 3.8) is 0 Å². The van der Waals surface area contributed by atoms with Gasteiger partial charge >= 0.3 is 0 Å².